The number of rotatable bonds is 5. The van der Waals surface area contributed by atoms with Gasteiger partial charge in [0.2, 0.25) is 0 Å². The first-order chi connectivity index (χ1) is 12.1. The number of nitrogens with zero attached hydrogens (tertiary/aromatic N) is 2. The quantitative estimate of drug-likeness (QED) is 0.651. The first kappa shape index (κ1) is 17.6. The van der Waals surface area contributed by atoms with Crippen LogP contribution in [0, 0.1) is 6.92 Å². The highest BCUT2D eigenvalue weighted by atomic mass is 35.5. The summed E-state index contributed by atoms with van der Waals surface area (Å²) in [6, 6.07) is 13.6. The molecule has 1 aromatic heterocycles. The van der Waals surface area contributed by atoms with E-state index in [1.165, 1.54) is 11.1 Å². The zero-order chi connectivity index (χ0) is 17.8. The second kappa shape index (κ2) is 7.76. The number of anilines is 1. The highest BCUT2D eigenvalue weighted by Gasteiger charge is 2.12. The van der Waals surface area contributed by atoms with Gasteiger partial charge in [-0.1, -0.05) is 35.9 Å². The molecule has 0 aliphatic carbocycles. The van der Waals surface area contributed by atoms with Gasteiger partial charge in [0.15, 0.2) is 0 Å². The van der Waals surface area contributed by atoms with Gasteiger partial charge in [0, 0.05) is 11.1 Å². The highest BCUT2D eigenvalue weighted by molar-refractivity contribution is 7.98. The number of carbonyl (C=O) groups is 1. The summed E-state index contributed by atoms with van der Waals surface area (Å²) in [6.07, 6.45) is 5.42. The Morgan fingerprint density at radius 3 is 2.84 bits per heavy atom. The van der Waals surface area contributed by atoms with Gasteiger partial charge in [0.1, 0.15) is 0 Å². The Morgan fingerprint density at radius 2 is 2.08 bits per heavy atom. The summed E-state index contributed by atoms with van der Waals surface area (Å²) >= 11 is 7.72. The molecule has 0 spiro atoms. The Kier molecular flexibility index (Phi) is 5.46. The Balaban J connectivity index is 1.73. The van der Waals surface area contributed by atoms with E-state index in [9.17, 15) is 4.79 Å². The molecule has 0 aliphatic rings. The summed E-state index contributed by atoms with van der Waals surface area (Å²) in [6.45, 7) is 2.73. The zero-order valence-corrected chi connectivity index (χ0v) is 15.6. The summed E-state index contributed by atoms with van der Waals surface area (Å²) in [5, 5.41) is 7.61. The van der Waals surface area contributed by atoms with Gasteiger partial charge in [-0.3, -0.25) is 9.48 Å². The Morgan fingerprint density at radius 1 is 1.28 bits per heavy atom. The number of halogens is 1. The number of hydrogen-bond acceptors (Lipinski definition) is 3. The molecule has 128 valence electrons. The molecule has 6 heteroatoms. The van der Waals surface area contributed by atoms with Gasteiger partial charge in [-0.25, -0.2) is 0 Å². The van der Waals surface area contributed by atoms with E-state index in [-0.39, 0.29) is 5.91 Å². The topological polar surface area (TPSA) is 46.9 Å². The third kappa shape index (κ3) is 4.24. The van der Waals surface area contributed by atoms with Crippen LogP contribution in [0.4, 0.5) is 5.69 Å². The average Bonchev–Trinajstić information content (AvgIpc) is 3.04. The van der Waals surface area contributed by atoms with Crippen molar-refractivity contribution in [2.75, 3.05) is 11.6 Å². The van der Waals surface area contributed by atoms with Gasteiger partial charge in [-0.15, -0.1) is 11.8 Å². The van der Waals surface area contributed by atoms with E-state index < -0.39 is 0 Å². The number of thioether (sulfide) groups is 1. The molecular formula is C19H18ClN3OS. The molecule has 0 radical (unpaired) electrons. The van der Waals surface area contributed by atoms with E-state index >= 15 is 0 Å². The van der Waals surface area contributed by atoms with Gasteiger partial charge >= 0.3 is 0 Å². The molecule has 0 saturated carbocycles. The first-order valence-corrected chi connectivity index (χ1v) is 9.39. The molecule has 0 bridgehead atoms. The minimum absolute atomic E-state index is 0.239. The standard InChI is InChI=1S/C19H18ClN3OS/c1-13-5-3-4-6-14(13)11-23-12-15(10-21-23)22-19(24)17-9-16(25-2)7-8-18(17)20/h3-10,12H,11H2,1-2H3,(H,22,24). The number of carbonyl (C=O) groups excluding carboxylic acids is 1. The van der Waals surface area contributed by atoms with Crippen molar-refractivity contribution in [3.63, 3.8) is 0 Å². The molecule has 0 atom stereocenters. The van der Waals surface area contributed by atoms with Crippen molar-refractivity contribution in [1.82, 2.24) is 9.78 Å². The van der Waals surface area contributed by atoms with E-state index in [0.29, 0.717) is 22.8 Å². The van der Waals surface area contributed by atoms with Crippen LogP contribution in [-0.4, -0.2) is 21.9 Å². The smallest absolute Gasteiger partial charge is 0.257 e. The van der Waals surface area contributed by atoms with Crippen molar-refractivity contribution in [1.29, 1.82) is 0 Å². The van der Waals surface area contributed by atoms with Crippen molar-refractivity contribution < 1.29 is 4.79 Å². The third-order valence-corrected chi connectivity index (χ3v) is 4.96. The second-order valence-corrected chi connectivity index (χ2v) is 6.94. The van der Waals surface area contributed by atoms with Crippen LogP contribution in [0.1, 0.15) is 21.5 Å². The molecule has 1 heterocycles. The van der Waals surface area contributed by atoms with Gasteiger partial charge in [0.25, 0.3) is 5.91 Å². The predicted molar refractivity (Wildman–Crippen MR) is 104 cm³/mol. The zero-order valence-electron chi connectivity index (χ0n) is 14.0. The van der Waals surface area contributed by atoms with E-state index in [2.05, 4.69) is 29.5 Å². The van der Waals surface area contributed by atoms with E-state index in [0.717, 1.165) is 4.90 Å². The number of aryl methyl sites for hydroxylation is 1. The molecule has 2 aromatic carbocycles. The van der Waals surface area contributed by atoms with Crippen LogP contribution in [0.3, 0.4) is 0 Å². The maximum atomic E-state index is 12.5. The van der Waals surface area contributed by atoms with Crippen molar-refractivity contribution >= 4 is 35.0 Å². The van der Waals surface area contributed by atoms with Crippen molar-refractivity contribution in [2.45, 2.75) is 18.4 Å². The molecule has 0 saturated heterocycles. The largest absolute Gasteiger partial charge is 0.319 e. The fourth-order valence-corrected chi connectivity index (χ4v) is 3.12. The van der Waals surface area contributed by atoms with Crippen LogP contribution in [0.15, 0.2) is 59.8 Å². The molecule has 3 aromatic rings. The lowest BCUT2D eigenvalue weighted by Gasteiger charge is -2.07. The minimum atomic E-state index is -0.239. The Hall–Kier alpha value is -2.24. The van der Waals surface area contributed by atoms with E-state index in [4.69, 9.17) is 11.6 Å². The fraction of sp³-hybridized carbons (Fsp3) is 0.158. The third-order valence-electron chi connectivity index (χ3n) is 3.90. The summed E-state index contributed by atoms with van der Waals surface area (Å²) in [7, 11) is 0. The number of aromatic nitrogens is 2. The normalized spacial score (nSPS) is 10.7. The molecular weight excluding hydrogens is 354 g/mol. The predicted octanol–water partition coefficient (Wildman–Crippen LogP) is 4.87. The van der Waals surface area contributed by atoms with Crippen LogP contribution in [0.5, 0.6) is 0 Å². The molecule has 0 aliphatic heterocycles. The van der Waals surface area contributed by atoms with Gasteiger partial charge < -0.3 is 5.32 Å². The van der Waals surface area contributed by atoms with Crippen molar-refractivity contribution in [3.8, 4) is 0 Å². The molecule has 1 N–H and O–H groups in total. The van der Waals surface area contributed by atoms with Crippen LogP contribution in [-0.2, 0) is 6.54 Å². The molecule has 25 heavy (non-hydrogen) atoms. The van der Waals surface area contributed by atoms with E-state index in [1.807, 2.05) is 30.7 Å². The number of benzene rings is 2. The fourth-order valence-electron chi connectivity index (χ4n) is 2.48. The first-order valence-electron chi connectivity index (χ1n) is 7.78. The highest BCUT2D eigenvalue weighted by Crippen LogP contribution is 2.24. The number of amides is 1. The van der Waals surface area contributed by atoms with Crippen LogP contribution >= 0.6 is 23.4 Å². The SMILES string of the molecule is CSc1ccc(Cl)c(C(=O)Nc2cnn(Cc3ccccc3C)c2)c1. The second-order valence-electron chi connectivity index (χ2n) is 5.65. The van der Waals surface area contributed by atoms with Gasteiger partial charge in [-0.2, -0.15) is 5.10 Å². The van der Waals surface area contributed by atoms with Crippen molar-refractivity contribution in [2.24, 2.45) is 0 Å². The van der Waals surface area contributed by atoms with Crippen molar-refractivity contribution in [3.05, 3.63) is 76.6 Å². The van der Waals surface area contributed by atoms with Crippen LogP contribution < -0.4 is 5.32 Å². The lowest BCUT2D eigenvalue weighted by atomic mass is 10.1. The lowest BCUT2D eigenvalue weighted by molar-refractivity contribution is 0.102. The monoisotopic (exact) mass is 371 g/mol. The molecule has 1 amide bonds. The summed E-state index contributed by atoms with van der Waals surface area (Å²) in [5.74, 6) is -0.239. The van der Waals surface area contributed by atoms with Crippen LogP contribution in [0.25, 0.3) is 0 Å². The number of nitrogens with one attached hydrogen (secondary N) is 1. The lowest BCUT2D eigenvalue weighted by Crippen LogP contribution is -2.12. The Labute approximate surface area is 156 Å². The van der Waals surface area contributed by atoms with Crippen LogP contribution in [0.2, 0.25) is 5.02 Å². The maximum absolute atomic E-state index is 12.5. The van der Waals surface area contributed by atoms with Gasteiger partial charge in [-0.05, 0) is 42.5 Å². The molecule has 0 fully saturated rings. The Bertz CT molecular complexity index is 907. The average molecular weight is 372 g/mol. The molecule has 0 unspecified atom stereocenters. The summed E-state index contributed by atoms with van der Waals surface area (Å²) < 4.78 is 1.80. The van der Waals surface area contributed by atoms with Gasteiger partial charge in [0.05, 0.1) is 29.0 Å². The number of hydrogen-bond donors (Lipinski definition) is 1. The summed E-state index contributed by atoms with van der Waals surface area (Å²) in [4.78, 5) is 13.5. The van der Waals surface area contributed by atoms with E-state index in [1.54, 1.807) is 34.8 Å². The molecule has 3 rings (SSSR count). The summed E-state index contributed by atoms with van der Waals surface area (Å²) in [5.41, 5.74) is 3.51. The molecule has 4 nitrogen and oxygen atoms in total. The minimum Gasteiger partial charge on any atom is -0.319 e. The maximum Gasteiger partial charge on any atom is 0.257 e.